The van der Waals surface area contributed by atoms with Crippen molar-refractivity contribution in [3.8, 4) is 0 Å². The van der Waals surface area contributed by atoms with Crippen molar-refractivity contribution < 1.29 is 22.6 Å². The molecule has 0 saturated carbocycles. The van der Waals surface area contributed by atoms with Gasteiger partial charge in [0.25, 0.3) is 10.2 Å². The van der Waals surface area contributed by atoms with Crippen LogP contribution in [0.5, 0.6) is 0 Å². The van der Waals surface area contributed by atoms with E-state index in [-0.39, 0.29) is 27.2 Å². The molecule has 1 aromatic carbocycles. The molecule has 1 aromatic heterocycles. The number of halogens is 2. The third-order valence-electron chi connectivity index (χ3n) is 4.36. The van der Waals surface area contributed by atoms with Gasteiger partial charge in [-0.15, -0.1) is 0 Å². The zero-order valence-electron chi connectivity index (χ0n) is 15.5. The number of hydrogen-bond donors (Lipinski definition) is 4. The number of anilines is 1. The van der Waals surface area contributed by atoms with Crippen molar-refractivity contribution in [3.63, 3.8) is 0 Å². The molecule has 0 spiro atoms. The Kier molecular flexibility index (Phi) is 6.19. The zero-order chi connectivity index (χ0) is 21.2. The van der Waals surface area contributed by atoms with Gasteiger partial charge in [0.15, 0.2) is 11.5 Å². The topological polar surface area (TPSA) is 145 Å². The Morgan fingerprint density at radius 1 is 1.45 bits per heavy atom. The molecule has 3 rings (SSSR count). The molecule has 2 heterocycles. The highest BCUT2D eigenvalue weighted by atomic mass is 79.9. The maximum Gasteiger partial charge on any atom is 0.279 e. The smallest absolute Gasteiger partial charge is 0.279 e. The molecule has 0 unspecified atom stereocenters. The molecule has 0 aliphatic carbocycles. The predicted molar refractivity (Wildman–Crippen MR) is 106 cm³/mol. The van der Waals surface area contributed by atoms with Gasteiger partial charge in [-0.05, 0) is 44.4 Å². The Bertz CT molecular complexity index is 1020. The minimum Gasteiger partial charge on any atom is -0.365 e. The van der Waals surface area contributed by atoms with Crippen LogP contribution in [0, 0.1) is 11.2 Å². The Labute approximate surface area is 174 Å². The largest absolute Gasteiger partial charge is 0.365 e. The van der Waals surface area contributed by atoms with Crippen molar-refractivity contribution in [1.29, 1.82) is 0 Å². The van der Waals surface area contributed by atoms with E-state index in [1.54, 1.807) is 0 Å². The molecule has 29 heavy (non-hydrogen) atoms. The van der Waals surface area contributed by atoms with Crippen molar-refractivity contribution in [1.82, 2.24) is 24.8 Å². The summed E-state index contributed by atoms with van der Waals surface area (Å²) in [6, 6.07) is 4.07. The van der Waals surface area contributed by atoms with Crippen LogP contribution in [0.3, 0.4) is 0 Å². The highest BCUT2D eigenvalue weighted by molar-refractivity contribution is 9.10. The van der Waals surface area contributed by atoms with E-state index < -0.39 is 16.0 Å². The third kappa shape index (κ3) is 4.72. The van der Waals surface area contributed by atoms with Crippen LogP contribution >= 0.6 is 15.9 Å². The van der Waals surface area contributed by atoms with Gasteiger partial charge in [-0.2, -0.15) is 12.7 Å². The first-order valence-electron chi connectivity index (χ1n) is 8.37. The van der Waals surface area contributed by atoms with Crippen molar-refractivity contribution in [3.05, 3.63) is 34.2 Å². The number of aliphatic imine (C=N–C) groups is 1. The molecule has 1 fully saturated rings. The first kappa shape index (κ1) is 21.6. The average Bonchev–Trinajstić information content (AvgIpc) is 3.13. The Hall–Kier alpha value is -2.13. The van der Waals surface area contributed by atoms with Crippen molar-refractivity contribution in [2.45, 2.75) is 6.92 Å². The summed E-state index contributed by atoms with van der Waals surface area (Å²) in [4.78, 5) is 4.18. The second-order valence-electron chi connectivity index (χ2n) is 6.77. The van der Waals surface area contributed by atoms with Crippen LogP contribution in [0.1, 0.15) is 12.6 Å². The van der Waals surface area contributed by atoms with Crippen molar-refractivity contribution in [2.24, 2.45) is 10.4 Å². The standard InChI is InChI=1S/C15H19BrFN7O4S/c1-15(7-24(8-15)29(26,27)18-2)6-19-13-12(22-28-23-13)14(21-25)20-9-3-4-11(17)10(16)5-9/h3-5,18,25H,6-8H2,1-2H3,(H,19,23)(H,20,21). The van der Waals surface area contributed by atoms with Gasteiger partial charge in [0.05, 0.1) is 10.2 Å². The number of amidine groups is 1. The SMILES string of the molecule is CNS(=O)(=O)N1CC(C)(CNc2nonc2C(=Nc2ccc(F)c(Br)c2)NO)C1. The average molecular weight is 492 g/mol. The van der Waals surface area contributed by atoms with Gasteiger partial charge in [-0.3, -0.25) is 10.7 Å². The molecule has 1 aliphatic heterocycles. The minimum atomic E-state index is -3.46. The number of benzene rings is 1. The third-order valence-corrected chi connectivity index (χ3v) is 6.42. The van der Waals surface area contributed by atoms with Crippen LogP contribution in [0.4, 0.5) is 15.9 Å². The number of nitrogens with one attached hydrogen (secondary N) is 3. The number of nitrogens with zero attached hydrogens (tertiary/aromatic N) is 4. The molecule has 1 saturated heterocycles. The molecule has 158 valence electrons. The van der Waals surface area contributed by atoms with Crippen LogP contribution in [0.15, 0.2) is 32.3 Å². The van der Waals surface area contributed by atoms with Crippen molar-refractivity contribution in [2.75, 3.05) is 32.0 Å². The Balaban J connectivity index is 1.72. The fourth-order valence-electron chi connectivity index (χ4n) is 2.79. The minimum absolute atomic E-state index is 0.0644. The summed E-state index contributed by atoms with van der Waals surface area (Å²) in [7, 11) is -2.09. The van der Waals surface area contributed by atoms with Crippen LogP contribution in [-0.2, 0) is 10.2 Å². The van der Waals surface area contributed by atoms with E-state index in [1.807, 2.05) is 12.4 Å². The number of hydrogen-bond acceptors (Lipinski definition) is 8. The van der Waals surface area contributed by atoms with E-state index in [9.17, 15) is 18.0 Å². The molecule has 0 radical (unpaired) electrons. The molecular weight excluding hydrogens is 473 g/mol. The van der Waals surface area contributed by atoms with Crippen LogP contribution < -0.4 is 15.5 Å². The highest BCUT2D eigenvalue weighted by Gasteiger charge is 2.44. The molecular formula is C15H19BrFN7O4S. The molecule has 11 nitrogen and oxygen atoms in total. The number of hydroxylamine groups is 1. The Morgan fingerprint density at radius 3 is 2.79 bits per heavy atom. The monoisotopic (exact) mass is 491 g/mol. The van der Waals surface area contributed by atoms with E-state index in [2.05, 4.69) is 41.3 Å². The van der Waals surface area contributed by atoms with E-state index in [0.29, 0.717) is 25.3 Å². The molecule has 14 heteroatoms. The first-order valence-corrected chi connectivity index (χ1v) is 10.6. The quantitative estimate of drug-likeness (QED) is 0.257. The lowest BCUT2D eigenvalue weighted by atomic mass is 9.84. The lowest BCUT2D eigenvalue weighted by molar-refractivity contribution is 0.103. The van der Waals surface area contributed by atoms with Gasteiger partial charge < -0.3 is 5.32 Å². The first-order chi connectivity index (χ1) is 13.7. The second kappa shape index (κ2) is 8.31. The molecule has 4 N–H and O–H groups in total. The van der Waals surface area contributed by atoms with E-state index in [4.69, 9.17) is 4.63 Å². The zero-order valence-corrected chi connectivity index (χ0v) is 17.9. The molecule has 0 atom stereocenters. The van der Waals surface area contributed by atoms with E-state index >= 15 is 0 Å². The fraction of sp³-hybridized carbons (Fsp3) is 0.400. The highest BCUT2D eigenvalue weighted by Crippen LogP contribution is 2.32. The van der Waals surface area contributed by atoms with E-state index in [0.717, 1.165) is 0 Å². The summed E-state index contributed by atoms with van der Waals surface area (Å²) < 4.78 is 45.5. The summed E-state index contributed by atoms with van der Waals surface area (Å²) >= 11 is 3.07. The molecule has 2 aromatic rings. The molecule has 0 amide bonds. The van der Waals surface area contributed by atoms with Gasteiger partial charge in [0.2, 0.25) is 5.82 Å². The number of rotatable bonds is 7. The van der Waals surface area contributed by atoms with Gasteiger partial charge in [0, 0.05) is 32.1 Å². The van der Waals surface area contributed by atoms with Crippen LogP contribution in [0.25, 0.3) is 0 Å². The fourth-order valence-corrected chi connectivity index (χ4v) is 4.38. The van der Waals surface area contributed by atoms with Gasteiger partial charge in [0.1, 0.15) is 5.82 Å². The Morgan fingerprint density at radius 2 is 2.17 bits per heavy atom. The molecule has 0 bridgehead atoms. The summed E-state index contributed by atoms with van der Waals surface area (Å²) in [5.74, 6) is -0.302. The summed E-state index contributed by atoms with van der Waals surface area (Å²) in [5, 5.41) is 20.0. The summed E-state index contributed by atoms with van der Waals surface area (Å²) in [6.07, 6.45) is 0. The lowest BCUT2D eigenvalue weighted by Gasteiger charge is -2.46. The molecule has 1 aliphatic rings. The van der Waals surface area contributed by atoms with Gasteiger partial charge >= 0.3 is 0 Å². The van der Waals surface area contributed by atoms with Crippen LogP contribution in [0.2, 0.25) is 0 Å². The second-order valence-corrected chi connectivity index (χ2v) is 9.50. The lowest BCUT2D eigenvalue weighted by Crippen LogP contribution is -2.61. The predicted octanol–water partition coefficient (Wildman–Crippen LogP) is 1.23. The summed E-state index contributed by atoms with van der Waals surface area (Å²) in [5.41, 5.74) is 2.06. The van der Waals surface area contributed by atoms with Gasteiger partial charge in [-0.1, -0.05) is 6.92 Å². The van der Waals surface area contributed by atoms with Gasteiger partial charge in [-0.25, -0.2) is 18.7 Å². The maximum absolute atomic E-state index is 13.4. The van der Waals surface area contributed by atoms with Crippen molar-refractivity contribution >= 4 is 43.5 Å². The summed E-state index contributed by atoms with van der Waals surface area (Å²) in [6.45, 7) is 2.95. The number of aromatic nitrogens is 2. The maximum atomic E-state index is 13.4. The normalized spacial score (nSPS) is 17.1. The van der Waals surface area contributed by atoms with Crippen LogP contribution in [-0.4, -0.2) is 60.8 Å². The van der Waals surface area contributed by atoms with E-state index in [1.165, 1.54) is 29.6 Å².